The van der Waals surface area contributed by atoms with Crippen LogP contribution in [0.15, 0.2) is 0 Å². The molecule has 3 N–H and O–H groups in total. The van der Waals surface area contributed by atoms with E-state index in [4.69, 9.17) is 19.9 Å². The molecular formula is C8H16N2O4. The summed E-state index contributed by atoms with van der Waals surface area (Å²) in [5.74, 6) is 0. The molecule has 0 unspecified atom stereocenters. The fourth-order valence-electron chi connectivity index (χ4n) is 1.53. The number of carbonyl (C=O) groups is 1. The molecule has 1 heterocycles. The van der Waals surface area contributed by atoms with Crippen molar-refractivity contribution in [3.63, 3.8) is 0 Å². The van der Waals surface area contributed by atoms with Crippen LogP contribution in [0.1, 0.15) is 6.42 Å². The van der Waals surface area contributed by atoms with Crippen molar-refractivity contribution in [2.24, 2.45) is 5.73 Å². The lowest BCUT2D eigenvalue weighted by Gasteiger charge is -2.15. The van der Waals surface area contributed by atoms with E-state index in [1.165, 1.54) is 0 Å². The van der Waals surface area contributed by atoms with Gasteiger partial charge in [0.25, 0.3) is 0 Å². The lowest BCUT2D eigenvalue weighted by atomic mass is 10.2. The van der Waals surface area contributed by atoms with E-state index in [9.17, 15) is 4.79 Å². The number of methoxy groups -OCH3 is 2. The zero-order chi connectivity index (χ0) is 10.6. The van der Waals surface area contributed by atoms with Gasteiger partial charge in [-0.05, 0) is 0 Å². The molecule has 0 aliphatic carbocycles. The van der Waals surface area contributed by atoms with Crippen molar-refractivity contribution in [1.29, 1.82) is 0 Å². The molecule has 3 atom stereocenters. The minimum atomic E-state index is -0.595. The molecule has 1 rings (SSSR count). The second-order valence-electron chi connectivity index (χ2n) is 3.14. The van der Waals surface area contributed by atoms with E-state index in [1.54, 1.807) is 14.2 Å². The first-order valence-electron chi connectivity index (χ1n) is 4.40. The van der Waals surface area contributed by atoms with E-state index < -0.39 is 6.03 Å². The number of hydrogen-bond acceptors (Lipinski definition) is 4. The number of primary amides is 1. The summed E-state index contributed by atoms with van der Waals surface area (Å²) >= 11 is 0. The van der Waals surface area contributed by atoms with E-state index in [0.717, 1.165) is 0 Å². The average molecular weight is 204 g/mol. The molecule has 0 aromatic rings. The highest BCUT2D eigenvalue weighted by Gasteiger charge is 2.35. The van der Waals surface area contributed by atoms with Gasteiger partial charge in [0.15, 0.2) is 0 Å². The molecule has 1 fully saturated rings. The van der Waals surface area contributed by atoms with Crippen LogP contribution in [0.4, 0.5) is 4.79 Å². The Kier molecular flexibility index (Phi) is 4.12. The predicted molar refractivity (Wildman–Crippen MR) is 48.7 cm³/mol. The molecular weight excluding hydrogens is 188 g/mol. The van der Waals surface area contributed by atoms with Crippen molar-refractivity contribution in [3.8, 4) is 0 Å². The lowest BCUT2D eigenvalue weighted by molar-refractivity contribution is -0.0474. The van der Waals surface area contributed by atoms with Crippen LogP contribution in [0.3, 0.4) is 0 Å². The van der Waals surface area contributed by atoms with Crippen molar-refractivity contribution >= 4 is 6.03 Å². The third-order valence-electron chi connectivity index (χ3n) is 2.14. The van der Waals surface area contributed by atoms with E-state index in [-0.39, 0.29) is 18.4 Å². The highest BCUT2D eigenvalue weighted by molar-refractivity contribution is 5.71. The van der Waals surface area contributed by atoms with E-state index in [2.05, 4.69) is 5.32 Å². The van der Waals surface area contributed by atoms with Gasteiger partial charge in [0.05, 0.1) is 12.7 Å². The Hall–Kier alpha value is -0.850. The number of ether oxygens (including phenoxy) is 3. The molecule has 0 radical (unpaired) electrons. The van der Waals surface area contributed by atoms with Crippen LogP contribution in [0, 0.1) is 0 Å². The maximum atomic E-state index is 10.6. The monoisotopic (exact) mass is 204 g/mol. The van der Waals surface area contributed by atoms with Crippen molar-refractivity contribution in [2.45, 2.75) is 24.9 Å². The molecule has 1 aliphatic rings. The summed E-state index contributed by atoms with van der Waals surface area (Å²) in [5, 5.41) is 2.48. The Morgan fingerprint density at radius 2 is 2.36 bits per heavy atom. The quantitative estimate of drug-likeness (QED) is 0.642. The number of nitrogens with one attached hydrogen (secondary N) is 1. The van der Waals surface area contributed by atoms with Crippen LogP contribution in [0.5, 0.6) is 0 Å². The zero-order valence-electron chi connectivity index (χ0n) is 8.36. The first-order valence-corrected chi connectivity index (χ1v) is 4.40. The molecule has 6 nitrogen and oxygen atoms in total. The minimum absolute atomic E-state index is 0.0631. The maximum absolute atomic E-state index is 10.6. The minimum Gasteiger partial charge on any atom is -0.382 e. The Labute approximate surface area is 82.7 Å². The van der Waals surface area contributed by atoms with Gasteiger partial charge >= 0.3 is 6.03 Å². The fraction of sp³-hybridized carbons (Fsp3) is 0.875. The number of carbonyl (C=O) groups excluding carboxylic acids is 1. The summed E-state index contributed by atoms with van der Waals surface area (Å²) in [6.07, 6.45) is -0.000694. The second-order valence-corrected chi connectivity index (χ2v) is 3.14. The van der Waals surface area contributed by atoms with E-state index in [0.29, 0.717) is 13.0 Å². The second kappa shape index (κ2) is 5.14. The number of urea groups is 1. The number of amides is 2. The molecule has 0 spiro atoms. The van der Waals surface area contributed by atoms with Crippen LogP contribution in [0.2, 0.25) is 0 Å². The van der Waals surface area contributed by atoms with E-state index in [1.807, 2.05) is 0 Å². The summed E-state index contributed by atoms with van der Waals surface area (Å²) < 4.78 is 15.6. The van der Waals surface area contributed by atoms with Gasteiger partial charge in [0.2, 0.25) is 0 Å². The van der Waals surface area contributed by atoms with Gasteiger partial charge in [0, 0.05) is 20.6 Å². The van der Waals surface area contributed by atoms with Gasteiger partial charge in [-0.15, -0.1) is 0 Å². The lowest BCUT2D eigenvalue weighted by Crippen LogP contribution is -2.38. The van der Waals surface area contributed by atoms with Crippen molar-refractivity contribution in [1.82, 2.24) is 5.32 Å². The van der Waals surface area contributed by atoms with Crippen LogP contribution < -0.4 is 11.1 Å². The third-order valence-corrected chi connectivity index (χ3v) is 2.14. The largest absolute Gasteiger partial charge is 0.382 e. The molecule has 6 heteroatoms. The SMILES string of the molecule is COC[C@H]1O[C@@H](NC(N)=O)C[C@H]1OC. The first kappa shape index (κ1) is 11.2. The van der Waals surface area contributed by atoms with Crippen LogP contribution in [-0.2, 0) is 14.2 Å². The van der Waals surface area contributed by atoms with E-state index >= 15 is 0 Å². The third kappa shape index (κ3) is 2.83. The molecule has 0 aromatic carbocycles. The van der Waals surface area contributed by atoms with Crippen LogP contribution >= 0.6 is 0 Å². The standard InChI is InChI=1S/C8H16N2O4/c1-12-4-6-5(13-2)3-7(14-6)10-8(9)11/h5-7H,3-4H2,1-2H3,(H3,9,10,11)/t5-,6-,7-/m1/s1. The molecule has 0 aromatic heterocycles. The topological polar surface area (TPSA) is 82.8 Å². The van der Waals surface area contributed by atoms with Gasteiger partial charge in [-0.25, -0.2) is 4.79 Å². The Bertz CT molecular complexity index is 200. The summed E-state index contributed by atoms with van der Waals surface area (Å²) in [6.45, 7) is 0.440. The maximum Gasteiger partial charge on any atom is 0.314 e. The molecule has 0 bridgehead atoms. The highest BCUT2D eigenvalue weighted by atomic mass is 16.6. The zero-order valence-corrected chi connectivity index (χ0v) is 8.36. The van der Waals surface area contributed by atoms with Gasteiger partial charge in [-0.1, -0.05) is 0 Å². The van der Waals surface area contributed by atoms with Crippen molar-refractivity contribution in [2.75, 3.05) is 20.8 Å². The fourth-order valence-corrected chi connectivity index (χ4v) is 1.53. The van der Waals surface area contributed by atoms with Crippen molar-refractivity contribution < 1.29 is 19.0 Å². The normalized spacial score (nSPS) is 31.7. The Morgan fingerprint density at radius 3 is 2.86 bits per heavy atom. The van der Waals surface area contributed by atoms with Gasteiger partial charge in [-0.2, -0.15) is 0 Å². The van der Waals surface area contributed by atoms with Crippen LogP contribution in [-0.4, -0.2) is 45.3 Å². The molecule has 14 heavy (non-hydrogen) atoms. The predicted octanol–water partition coefficient (Wildman–Crippen LogP) is -0.569. The van der Waals surface area contributed by atoms with Crippen LogP contribution in [0.25, 0.3) is 0 Å². The molecule has 2 amide bonds. The molecule has 0 saturated carbocycles. The number of nitrogens with two attached hydrogens (primary N) is 1. The Morgan fingerprint density at radius 1 is 1.64 bits per heavy atom. The first-order chi connectivity index (χ1) is 6.67. The smallest absolute Gasteiger partial charge is 0.314 e. The summed E-state index contributed by atoms with van der Waals surface area (Å²) in [7, 11) is 3.19. The highest BCUT2D eigenvalue weighted by Crippen LogP contribution is 2.21. The summed E-state index contributed by atoms with van der Waals surface area (Å²) in [5.41, 5.74) is 4.98. The summed E-state index contributed by atoms with van der Waals surface area (Å²) in [4.78, 5) is 10.6. The van der Waals surface area contributed by atoms with Gasteiger partial charge < -0.3 is 25.3 Å². The molecule has 1 saturated heterocycles. The van der Waals surface area contributed by atoms with Gasteiger partial charge in [-0.3, -0.25) is 0 Å². The average Bonchev–Trinajstić information content (AvgIpc) is 2.47. The Balaban J connectivity index is 2.43. The van der Waals surface area contributed by atoms with Crippen molar-refractivity contribution in [3.05, 3.63) is 0 Å². The number of hydrogen-bond donors (Lipinski definition) is 2. The summed E-state index contributed by atoms with van der Waals surface area (Å²) in [6, 6.07) is -0.595. The molecule has 1 aliphatic heterocycles. The van der Waals surface area contributed by atoms with Gasteiger partial charge in [0.1, 0.15) is 12.3 Å². The number of rotatable bonds is 4. The molecule has 82 valence electrons.